The molecule has 0 saturated carbocycles. The summed E-state index contributed by atoms with van der Waals surface area (Å²) >= 11 is 1.14. The lowest BCUT2D eigenvalue weighted by molar-refractivity contribution is -0.384. The number of nitrogens with one attached hydrogen (secondary N) is 1. The molecule has 0 atom stereocenters. The Morgan fingerprint density at radius 3 is 2.61 bits per heavy atom. The quantitative estimate of drug-likeness (QED) is 0.560. The van der Waals surface area contributed by atoms with Gasteiger partial charge in [-0.25, -0.2) is 13.1 Å². The highest BCUT2D eigenvalue weighted by Crippen LogP contribution is 2.27. The second kappa shape index (κ2) is 8.25. The molecular weight excluding hydrogens is 406 g/mol. The van der Waals surface area contributed by atoms with Gasteiger partial charge in [-0.2, -0.15) is 0 Å². The smallest absolute Gasteiger partial charge is 0.270 e. The van der Waals surface area contributed by atoms with E-state index in [1.54, 1.807) is 22.4 Å². The summed E-state index contributed by atoms with van der Waals surface area (Å²) in [6, 6.07) is 6.82. The summed E-state index contributed by atoms with van der Waals surface area (Å²) in [7, 11) is -2.17. The fourth-order valence-corrected chi connectivity index (χ4v) is 5.36. The minimum atomic E-state index is -3.56. The highest BCUT2D eigenvalue weighted by Gasteiger charge is 2.29. The van der Waals surface area contributed by atoms with E-state index in [0.717, 1.165) is 11.3 Å². The average molecular weight is 425 g/mol. The van der Waals surface area contributed by atoms with Gasteiger partial charge in [-0.05, 0) is 30.4 Å². The van der Waals surface area contributed by atoms with Gasteiger partial charge in [-0.15, -0.1) is 11.3 Å². The molecule has 0 spiro atoms. The first-order chi connectivity index (χ1) is 13.3. The van der Waals surface area contributed by atoms with Crippen molar-refractivity contribution in [1.82, 2.24) is 9.62 Å². The van der Waals surface area contributed by atoms with Crippen LogP contribution in [0.25, 0.3) is 0 Å². The number of amides is 1. The van der Waals surface area contributed by atoms with E-state index in [1.165, 1.54) is 25.3 Å². The molecule has 1 fully saturated rings. The lowest BCUT2D eigenvalue weighted by Crippen LogP contribution is -2.46. The summed E-state index contributed by atoms with van der Waals surface area (Å²) in [6.07, 6.45) is 0.904. The molecular formula is C17H19N3O6S2. The number of piperidine rings is 1. The molecule has 1 aromatic carbocycles. The first-order valence-electron chi connectivity index (χ1n) is 8.49. The highest BCUT2D eigenvalue weighted by molar-refractivity contribution is 7.91. The molecule has 0 unspecified atom stereocenters. The summed E-state index contributed by atoms with van der Waals surface area (Å²) in [5, 5.41) is 12.7. The third-order valence-corrected chi connectivity index (χ3v) is 7.41. The number of sulfonamides is 1. The van der Waals surface area contributed by atoms with Crippen molar-refractivity contribution in [2.45, 2.75) is 23.1 Å². The number of thiophene rings is 1. The molecule has 28 heavy (non-hydrogen) atoms. The first kappa shape index (κ1) is 20.2. The number of hydrogen-bond acceptors (Lipinski definition) is 7. The normalized spacial score (nSPS) is 15.4. The molecule has 1 aliphatic heterocycles. The zero-order valence-electron chi connectivity index (χ0n) is 15.0. The van der Waals surface area contributed by atoms with Gasteiger partial charge >= 0.3 is 0 Å². The van der Waals surface area contributed by atoms with Crippen molar-refractivity contribution in [3.8, 4) is 5.75 Å². The van der Waals surface area contributed by atoms with Gasteiger partial charge in [-0.1, -0.05) is 6.07 Å². The van der Waals surface area contributed by atoms with Gasteiger partial charge in [0, 0.05) is 31.3 Å². The second-order valence-electron chi connectivity index (χ2n) is 6.26. The molecule has 9 nitrogen and oxygen atoms in total. The summed E-state index contributed by atoms with van der Waals surface area (Å²) in [4.78, 5) is 24.8. The van der Waals surface area contributed by atoms with Crippen LogP contribution >= 0.6 is 11.3 Å². The van der Waals surface area contributed by atoms with Crippen molar-refractivity contribution in [2.24, 2.45) is 0 Å². The minimum Gasteiger partial charge on any atom is -0.496 e. The van der Waals surface area contributed by atoms with E-state index in [2.05, 4.69) is 4.72 Å². The van der Waals surface area contributed by atoms with Crippen molar-refractivity contribution in [2.75, 3.05) is 20.2 Å². The van der Waals surface area contributed by atoms with Gasteiger partial charge in [0.25, 0.3) is 11.6 Å². The van der Waals surface area contributed by atoms with Gasteiger partial charge < -0.3 is 9.64 Å². The molecule has 2 heterocycles. The van der Waals surface area contributed by atoms with Crippen molar-refractivity contribution < 1.29 is 22.9 Å². The molecule has 150 valence electrons. The maximum atomic E-state index is 12.8. The molecule has 1 aliphatic rings. The molecule has 1 saturated heterocycles. The predicted octanol–water partition coefficient (Wildman–Crippen LogP) is 2.25. The number of carbonyl (C=O) groups is 1. The monoisotopic (exact) mass is 425 g/mol. The number of carbonyl (C=O) groups excluding carboxylic acids is 1. The number of rotatable bonds is 6. The van der Waals surface area contributed by atoms with Gasteiger partial charge in [0.15, 0.2) is 0 Å². The van der Waals surface area contributed by atoms with E-state index >= 15 is 0 Å². The van der Waals surface area contributed by atoms with Crippen LogP contribution < -0.4 is 9.46 Å². The highest BCUT2D eigenvalue weighted by atomic mass is 32.2. The van der Waals surface area contributed by atoms with Crippen molar-refractivity contribution in [3.63, 3.8) is 0 Å². The van der Waals surface area contributed by atoms with Crippen molar-refractivity contribution in [3.05, 3.63) is 51.4 Å². The summed E-state index contributed by atoms with van der Waals surface area (Å²) in [5.74, 6) is -0.115. The number of nitro groups is 1. The number of nitrogens with zero attached hydrogens (tertiary/aromatic N) is 2. The molecule has 0 aliphatic carbocycles. The molecule has 1 aromatic heterocycles. The maximum Gasteiger partial charge on any atom is 0.270 e. The Balaban J connectivity index is 1.67. The lowest BCUT2D eigenvalue weighted by atomic mass is 10.0. The Kier molecular flexibility index (Phi) is 5.96. The SMILES string of the molecule is COc1ccc([N+](=O)[O-])cc1C(=O)N1CCC(NS(=O)(=O)c2cccs2)CC1. The van der Waals surface area contributed by atoms with E-state index in [9.17, 15) is 23.3 Å². The zero-order valence-corrected chi connectivity index (χ0v) is 16.7. The van der Waals surface area contributed by atoms with Gasteiger partial charge in [-0.3, -0.25) is 14.9 Å². The average Bonchev–Trinajstić information content (AvgIpc) is 3.23. The fraction of sp³-hybridized carbons (Fsp3) is 0.353. The van der Waals surface area contributed by atoms with Gasteiger partial charge in [0.05, 0.1) is 17.6 Å². The van der Waals surface area contributed by atoms with E-state index in [-0.39, 0.29) is 33.2 Å². The van der Waals surface area contributed by atoms with Gasteiger partial charge in [0.1, 0.15) is 9.96 Å². The number of benzene rings is 1. The summed E-state index contributed by atoms with van der Waals surface area (Å²) < 4.78 is 32.7. The molecule has 1 N–H and O–H groups in total. The molecule has 3 rings (SSSR count). The van der Waals surface area contributed by atoms with Crippen LogP contribution in [0.4, 0.5) is 5.69 Å². The predicted molar refractivity (Wildman–Crippen MR) is 103 cm³/mol. The Bertz CT molecular complexity index is 967. The van der Waals surface area contributed by atoms with Crippen molar-refractivity contribution >= 4 is 33.0 Å². The Hall–Kier alpha value is -2.50. The number of non-ortho nitro benzene ring substituents is 1. The maximum absolute atomic E-state index is 12.8. The van der Waals surface area contributed by atoms with Crippen LogP contribution in [-0.4, -0.2) is 50.4 Å². The molecule has 1 amide bonds. The van der Waals surface area contributed by atoms with Crippen LogP contribution in [0.15, 0.2) is 39.9 Å². The van der Waals surface area contributed by atoms with Crippen molar-refractivity contribution in [1.29, 1.82) is 0 Å². The second-order valence-corrected chi connectivity index (χ2v) is 9.15. The number of nitro benzene ring substituents is 1. The largest absolute Gasteiger partial charge is 0.496 e. The number of hydrogen-bond donors (Lipinski definition) is 1. The molecule has 0 radical (unpaired) electrons. The van der Waals surface area contributed by atoms with E-state index in [4.69, 9.17) is 4.74 Å². The number of methoxy groups -OCH3 is 1. The number of likely N-dealkylation sites (tertiary alicyclic amines) is 1. The zero-order chi connectivity index (χ0) is 20.3. The Morgan fingerprint density at radius 1 is 1.32 bits per heavy atom. The van der Waals surface area contributed by atoms with E-state index in [1.807, 2.05) is 0 Å². The van der Waals surface area contributed by atoms with Gasteiger partial charge in [0.2, 0.25) is 10.0 Å². The van der Waals surface area contributed by atoms with Crippen LogP contribution in [0.5, 0.6) is 5.75 Å². The fourth-order valence-electron chi connectivity index (χ4n) is 3.04. The van der Waals surface area contributed by atoms with E-state index < -0.39 is 14.9 Å². The first-order valence-corrected chi connectivity index (χ1v) is 10.9. The van der Waals surface area contributed by atoms with Crippen LogP contribution in [0.1, 0.15) is 23.2 Å². The van der Waals surface area contributed by atoms with Crippen LogP contribution in [0, 0.1) is 10.1 Å². The Morgan fingerprint density at radius 2 is 2.04 bits per heavy atom. The topological polar surface area (TPSA) is 119 Å². The number of ether oxygens (including phenoxy) is 1. The molecule has 11 heteroatoms. The Labute approximate surface area is 166 Å². The molecule has 0 bridgehead atoms. The molecule has 2 aromatic rings. The lowest BCUT2D eigenvalue weighted by Gasteiger charge is -2.32. The van der Waals surface area contributed by atoms with E-state index in [0.29, 0.717) is 25.9 Å². The van der Waals surface area contributed by atoms with Crippen LogP contribution in [0.2, 0.25) is 0 Å². The minimum absolute atomic E-state index is 0.120. The van der Waals surface area contributed by atoms with Crippen LogP contribution in [-0.2, 0) is 10.0 Å². The standard InChI is InChI=1S/C17H19N3O6S2/c1-26-15-5-4-13(20(22)23)11-14(15)17(21)19-8-6-12(7-9-19)18-28(24,25)16-3-2-10-27-16/h2-5,10-12,18H,6-9H2,1H3. The van der Waals surface area contributed by atoms with Crippen LogP contribution in [0.3, 0.4) is 0 Å². The summed E-state index contributed by atoms with van der Waals surface area (Å²) in [5.41, 5.74) is -0.0722. The third-order valence-electron chi connectivity index (χ3n) is 4.49. The summed E-state index contributed by atoms with van der Waals surface area (Å²) in [6.45, 7) is 0.671. The third kappa shape index (κ3) is 4.32.